The number of pyridine rings is 1. The van der Waals surface area contributed by atoms with E-state index in [0.717, 1.165) is 22.2 Å². The van der Waals surface area contributed by atoms with Gasteiger partial charge in [-0.25, -0.2) is 4.98 Å². The summed E-state index contributed by atoms with van der Waals surface area (Å²) < 4.78 is 3.79. The van der Waals surface area contributed by atoms with Gasteiger partial charge in [-0.05, 0) is 59.7 Å². The van der Waals surface area contributed by atoms with E-state index in [9.17, 15) is 0 Å². The van der Waals surface area contributed by atoms with Gasteiger partial charge >= 0.3 is 0 Å². The van der Waals surface area contributed by atoms with Gasteiger partial charge in [-0.3, -0.25) is 0 Å². The lowest BCUT2D eigenvalue weighted by molar-refractivity contribution is 0.755. The fraction of sp³-hybridized carbons (Fsp3) is 0.176. The van der Waals surface area contributed by atoms with Crippen LogP contribution in [0.1, 0.15) is 16.8 Å². The van der Waals surface area contributed by atoms with Gasteiger partial charge in [0.25, 0.3) is 0 Å². The van der Waals surface area contributed by atoms with Crippen molar-refractivity contribution in [3.05, 3.63) is 65.6 Å². The molecule has 1 aromatic carbocycles. The molecule has 0 atom stereocenters. The number of nitrogens with zero attached hydrogens (tertiary/aromatic N) is 6. The Morgan fingerprint density at radius 1 is 1.08 bits per heavy atom. The maximum Gasteiger partial charge on any atom is 0.214 e. The highest BCUT2D eigenvalue weighted by Crippen LogP contribution is 2.23. The second-order valence-electron chi connectivity index (χ2n) is 5.71. The Bertz CT molecular complexity index is 950. The maximum absolute atomic E-state index is 4.61. The molecule has 7 heteroatoms. The zero-order valence-electron chi connectivity index (χ0n) is 13.4. The summed E-state index contributed by atoms with van der Waals surface area (Å²) in [6.07, 6.45) is 4.03. The number of aryl methyl sites for hydroxylation is 2. The Labute approximate surface area is 143 Å². The number of hydrogen-bond donors (Lipinski definition) is 0. The van der Waals surface area contributed by atoms with Crippen LogP contribution in [-0.2, 0) is 5.75 Å². The van der Waals surface area contributed by atoms with Gasteiger partial charge in [-0.1, -0.05) is 23.9 Å². The Kier molecular flexibility index (Phi) is 3.78. The Hall–Kier alpha value is -2.67. The first kappa shape index (κ1) is 14.9. The third-order valence-corrected chi connectivity index (χ3v) is 4.61. The lowest BCUT2D eigenvalue weighted by Gasteiger charge is -2.06. The van der Waals surface area contributed by atoms with Crippen LogP contribution in [0.25, 0.3) is 11.3 Å². The third-order valence-electron chi connectivity index (χ3n) is 3.65. The SMILES string of the molecule is Cc1cc(C)cc(-n2nnnc2SCc2cn3ccccc3n2)c1. The molecule has 24 heavy (non-hydrogen) atoms. The van der Waals surface area contributed by atoms with Crippen LogP contribution in [0, 0.1) is 13.8 Å². The number of rotatable bonds is 4. The summed E-state index contributed by atoms with van der Waals surface area (Å²) in [7, 11) is 0. The molecule has 0 aliphatic rings. The van der Waals surface area contributed by atoms with Crippen LogP contribution in [0.3, 0.4) is 0 Å². The van der Waals surface area contributed by atoms with Gasteiger partial charge in [0, 0.05) is 18.1 Å². The summed E-state index contributed by atoms with van der Waals surface area (Å²) >= 11 is 1.58. The second kappa shape index (κ2) is 6.09. The summed E-state index contributed by atoms with van der Waals surface area (Å²) in [4.78, 5) is 4.61. The number of tetrazole rings is 1. The van der Waals surface area contributed by atoms with Gasteiger partial charge < -0.3 is 4.40 Å². The van der Waals surface area contributed by atoms with Crippen molar-refractivity contribution in [2.45, 2.75) is 24.8 Å². The van der Waals surface area contributed by atoms with Gasteiger partial charge in [0.2, 0.25) is 5.16 Å². The van der Waals surface area contributed by atoms with E-state index in [1.54, 1.807) is 16.4 Å². The highest BCUT2D eigenvalue weighted by Gasteiger charge is 2.11. The number of benzene rings is 1. The molecule has 4 aromatic rings. The summed E-state index contributed by atoms with van der Waals surface area (Å²) in [5.74, 6) is 0.715. The zero-order valence-corrected chi connectivity index (χ0v) is 14.2. The van der Waals surface area contributed by atoms with Crippen LogP contribution in [0.2, 0.25) is 0 Å². The van der Waals surface area contributed by atoms with Gasteiger partial charge in [0.05, 0.1) is 11.4 Å². The van der Waals surface area contributed by atoms with Crippen molar-refractivity contribution in [3.63, 3.8) is 0 Å². The van der Waals surface area contributed by atoms with Crippen LogP contribution in [0.4, 0.5) is 0 Å². The highest BCUT2D eigenvalue weighted by atomic mass is 32.2. The minimum Gasteiger partial charge on any atom is -0.307 e. The fourth-order valence-corrected chi connectivity index (χ4v) is 3.47. The molecule has 3 heterocycles. The molecule has 6 nitrogen and oxygen atoms in total. The molecule has 0 fully saturated rings. The fourth-order valence-electron chi connectivity index (χ4n) is 2.70. The molecule has 4 rings (SSSR count). The van der Waals surface area contributed by atoms with E-state index < -0.39 is 0 Å². The number of thioether (sulfide) groups is 1. The summed E-state index contributed by atoms with van der Waals surface area (Å²) in [5.41, 5.74) is 5.31. The number of aromatic nitrogens is 6. The molecule has 0 spiro atoms. The average molecular weight is 336 g/mol. The van der Waals surface area contributed by atoms with E-state index in [2.05, 4.69) is 52.6 Å². The minimum absolute atomic E-state index is 0.715. The normalized spacial score (nSPS) is 11.2. The van der Waals surface area contributed by atoms with Crippen molar-refractivity contribution in [2.75, 3.05) is 0 Å². The molecular weight excluding hydrogens is 320 g/mol. The smallest absolute Gasteiger partial charge is 0.214 e. The predicted octanol–water partition coefficient (Wildman–Crippen LogP) is 3.22. The Morgan fingerprint density at radius 2 is 1.92 bits per heavy atom. The van der Waals surface area contributed by atoms with E-state index in [0.29, 0.717) is 5.75 Å². The van der Waals surface area contributed by atoms with Gasteiger partial charge in [0.1, 0.15) is 5.65 Å². The highest BCUT2D eigenvalue weighted by molar-refractivity contribution is 7.98. The first-order valence-corrected chi connectivity index (χ1v) is 8.60. The standard InChI is InChI=1S/C17H16N6S/c1-12-7-13(2)9-15(8-12)23-17(19-20-21-23)24-11-14-10-22-6-4-3-5-16(22)18-14/h3-10H,11H2,1-2H3. The molecule has 0 unspecified atom stereocenters. The first-order valence-electron chi connectivity index (χ1n) is 7.61. The van der Waals surface area contributed by atoms with E-state index in [4.69, 9.17) is 0 Å². The van der Waals surface area contributed by atoms with Crippen molar-refractivity contribution < 1.29 is 0 Å². The minimum atomic E-state index is 0.715. The van der Waals surface area contributed by atoms with Crippen LogP contribution >= 0.6 is 11.8 Å². The third kappa shape index (κ3) is 2.90. The predicted molar refractivity (Wildman–Crippen MR) is 93.4 cm³/mol. The van der Waals surface area contributed by atoms with Crippen molar-refractivity contribution in [3.8, 4) is 5.69 Å². The molecule has 0 saturated carbocycles. The lowest BCUT2D eigenvalue weighted by atomic mass is 10.1. The summed E-state index contributed by atoms with van der Waals surface area (Å²) in [5, 5.41) is 12.9. The lowest BCUT2D eigenvalue weighted by Crippen LogP contribution is -2.00. The van der Waals surface area contributed by atoms with E-state index in [1.807, 2.05) is 35.0 Å². The Balaban J connectivity index is 1.58. The molecule has 0 aliphatic carbocycles. The molecule has 0 N–H and O–H groups in total. The van der Waals surface area contributed by atoms with E-state index >= 15 is 0 Å². The molecule has 0 bridgehead atoms. The van der Waals surface area contributed by atoms with Crippen LogP contribution in [0.15, 0.2) is 53.9 Å². The van der Waals surface area contributed by atoms with Gasteiger partial charge in [-0.15, -0.1) is 5.10 Å². The molecule has 0 radical (unpaired) electrons. The molecule has 0 aliphatic heterocycles. The van der Waals surface area contributed by atoms with Crippen LogP contribution in [0.5, 0.6) is 0 Å². The number of imidazole rings is 1. The summed E-state index contributed by atoms with van der Waals surface area (Å²) in [6, 6.07) is 12.3. The molecular formula is C17H16N6S. The first-order chi connectivity index (χ1) is 11.7. The van der Waals surface area contributed by atoms with Crippen molar-refractivity contribution in [2.24, 2.45) is 0 Å². The van der Waals surface area contributed by atoms with E-state index in [-0.39, 0.29) is 0 Å². The maximum atomic E-state index is 4.61. The van der Waals surface area contributed by atoms with Crippen LogP contribution in [-0.4, -0.2) is 29.6 Å². The van der Waals surface area contributed by atoms with Crippen molar-refractivity contribution in [1.29, 1.82) is 0 Å². The monoisotopic (exact) mass is 336 g/mol. The summed E-state index contributed by atoms with van der Waals surface area (Å²) in [6.45, 7) is 4.15. The van der Waals surface area contributed by atoms with Crippen molar-refractivity contribution in [1.82, 2.24) is 29.6 Å². The van der Waals surface area contributed by atoms with Crippen molar-refractivity contribution >= 4 is 17.4 Å². The molecule has 0 amide bonds. The molecule has 3 aromatic heterocycles. The van der Waals surface area contributed by atoms with Gasteiger partial charge in [-0.2, -0.15) is 4.68 Å². The average Bonchev–Trinajstić information content (AvgIpc) is 3.18. The Morgan fingerprint density at radius 3 is 2.71 bits per heavy atom. The zero-order chi connectivity index (χ0) is 16.5. The number of fused-ring (bicyclic) bond motifs is 1. The topological polar surface area (TPSA) is 60.9 Å². The molecule has 0 saturated heterocycles. The molecule has 120 valence electrons. The second-order valence-corrected chi connectivity index (χ2v) is 6.65. The van der Waals surface area contributed by atoms with E-state index in [1.165, 1.54) is 11.1 Å². The quantitative estimate of drug-likeness (QED) is 0.536. The number of hydrogen-bond acceptors (Lipinski definition) is 5. The van der Waals surface area contributed by atoms with Crippen LogP contribution < -0.4 is 0 Å². The van der Waals surface area contributed by atoms with Gasteiger partial charge in [0.15, 0.2) is 0 Å². The largest absolute Gasteiger partial charge is 0.307 e.